The van der Waals surface area contributed by atoms with Crippen LogP contribution in [0.5, 0.6) is 11.5 Å². The van der Waals surface area contributed by atoms with Crippen LogP contribution >= 0.6 is 23.2 Å². The van der Waals surface area contributed by atoms with Crippen LogP contribution in [0.15, 0.2) is 42.0 Å². The first kappa shape index (κ1) is 25.0. The molecule has 0 heterocycles. The summed E-state index contributed by atoms with van der Waals surface area (Å²) in [5.41, 5.74) is 1.55. The summed E-state index contributed by atoms with van der Waals surface area (Å²) < 4.78 is 11.7. The summed E-state index contributed by atoms with van der Waals surface area (Å²) in [4.78, 5) is 12.7. The van der Waals surface area contributed by atoms with E-state index in [1.807, 2.05) is 25.1 Å². The van der Waals surface area contributed by atoms with E-state index in [1.165, 1.54) is 12.5 Å². The molecule has 5 nitrogen and oxygen atoms in total. The fraction of sp³-hybridized carbons (Fsp3) is 0.385. The first-order chi connectivity index (χ1) is 15.9. The predicted octanol–water partition coefficient (Wildman–Crippen LogP) is 6.57. The molecule has 1 N–H and O–H groups in total. The molecular weight excluding hydrogens is 459 g/mol. The van der Waals surface area contributed by atoms with E-state index >= 15 is 0 Å². The average Bonchev–Trinajstić information content (AvgIpc) is 2.79. The van der Waals surface area contributed by atoms with E-state index < -0.39 is 0 Å². The maximum Gasteiger partial charge on any atom is 0.262 e. The van der Waals surface area contributed by atoms with Crippen LogP contribution in [-0.2, 0) is 11.4 Å². The number of ether oxygens (including phenoxy) is 2. The molecule has 2 atom stereocenters. The Labute approximate surface area is 205 Å². The highest BCUT2D eigenvalue weighted by Gasteiger charge is 2.24. The molecule has 3 rings (SSSR count). The molecule has 0 radical (unpaired) electrons. The van der Waals surface area contributed by atoms with Crippen LogP contribution < -0.4 is 14.8 Å². The van der Waals surface area contributed by atoms with E-state index in [-0.39, 0.29) is 24.1 Å². The van der Waals surface area contributed by atoms with Gasteiger partial charge in [0.15, 0.2) is 11.5 Å². The Morgan fingerprint density at radius 2 is 1.91 bits per heavy atom. The summed E-state index contributed by atoms with van der Waals surface area (Å²) in [6, 6.07) is 12.8. The van der Waals surface area contributed by atoms with Gasteiger partial charge in [0.2, 0.25) is 0 Å². The highest BCUT2D eigenvalue weighted by molar-refractivity contribution is 6.32. The second kappa shape index (κ2) is 12.0. The van der Waals surface area contributed by atoms with Gasteiger partial charge in [-0.1, -0.05) is 55.1 Å². The monoisotopic (exact) mass is 486 g/mol. The number of carbonyl (C=O) groups is 1. The van der Waals surface area contributed by atoms with E-state index in [1.54, 1.807) is 24.3 Å². The molecule has 1 aliphatic carbocycles. The maximum atomic E-state index is 12.7. The van der Waals surface area contributed by atoms with E-state index in [9.17, 15) is 10.1 Å². The van der Waals surface area contributed by atoms with Crippen molar-refractivity contribution in [3.8, 4) is 17.6 Å². The molecule has 1 amide bonds. The molecule has 0 aliphatic heterocycles. The highest BCUT2D eigenvalue weighted by atomic mass is 35.5. The van der Waals surface area contributed by atoms with Gasteiger partial charge in [-0.25, -0.2) is 0 Å². The lowest BCUT2D eigenvalue weighted by Gasteiger charge is -2.29. The molecule has 2 aromatic rings. The summed E-state index contributed by atoms with van der Waals surface area (Å²) in [7, 11) is 0. The van der Waals surface area contributed by atoms with Crippen molar-refractivity contribution in [2.75, 3.05) is 6.61 Å². The number of rotatable bonds is 8. The minimum Gasteiger partial charge on any atom is -0.490 e. The number of hydrogen-bond donors (Lipinski definition) is 1. The molecule has 0 unspecified atom stereocenters. The van der Waals surface area contributed by atoms with Gasteiger partial charge in [0.25, 0.3) is 5.91 Å². The standard InChI is InChI=1S/C26H28Cl2N2O3/c1-3-32-24-14-19(12-20(15-29)26(31)30-23-7-5-4-6-17(23)2)13-22(28)25(24)33-16-18-8-10-21(27)11-9-18/h8-14,17,23H,3-7,16H2,1-2H3,(H,30,31)/b20-12+/t17-,23-/m0/s1. The lowest BCUT2D eigenvalue weighted by Crippen LogP contribution is -2.41. The van der Waals surface area contributed by atoms with Crippen molar-refractivity contribution in [2.45, 2.75) is 52.2 Å². The Bertz CT molecular complexity index is 1040. The lowest BCUT2D eigenvalue weighted by molar-refractivity contribution is -0.118. The van der Waals surface area contributed by atoms with Gasteiger partial charge in [-0.15, -0.1) is 0 Å². The number of nitrogens with one attached hydrogen (secondary N) is 1. The summed E-state index contributed by atoms with van der Waals surface area (Å²) in [5, 5.41) is 13.6. The van der Waals surface area contributed by atoms with Gasteiger partial charge in [0.1, 0.15) is 18.2 Å². The Hall–Kier alpha value is -2.68. The Morgan fingerprint density at radius 1 is 1.18 bits per heavy atom. The molecule has 33 heavy (non-hydrogen) atoms. The van der Waals surface area contributed by atoms with E-state index in [4.69, 9.17) is 32.7 Å². The van der Waals surface area contributed by atoms with Crippen molar-refractivity contribution < 1.29 is 14.3 Å². The Balaban J connectivity index is 1.79. The Kier molecular flexibility index (Phi) is 9.05. The minimum atomic E-state index is -0.367. The molecular formula is C26H28Cl2N2O3. The van der Waals surface area contributed by atoms with Crippen molar-refractivity contribution in [3.05, 3.63) is 63.1 Å². The maximum absolute atomic E-state index is 12.7. The van der Waals surface area contributed by atoms with Crippen molar-refractivity contribution in [2.24, 2.45) is 5.92 Å². The summed E-state index contributed by atoms with van der Waals surface area (Å²) in [5.74, 6) is 0.889. The number of halogens is 2. The number of hydrogen-bond acceptors (Lipinski definition) is 4. The number of carbonyl (C=O) groups excluding carboxylic acids is 1. The molecule has 7 heteroatoms. The second-order valence-corrected chi connectivity index (χ2v) is 9.03. The van der Waals surface area contributed by atoms with Crippen LogP contribution in [-0.4, -0.2) is 18.6 Å². The van der Waals surface area contributed by atoms with Crippen molar-refractivity contribution >= 4 is 35.2 Å². The van der Waals surface area contributed by atoms with Gasteiger partial charge in [-0.2, -0.15) is 5.26 Å². The SMILES string of the molecule is CCOc1cc(/C=C(\C#N)C(=O)N[C@H]2CCCC[C@@H]2C)cc(Cl)c1OCc1ccc(Cl)cc1. The van der Waals surface area contributed by atoms with Gasteiger partial charge in [-0.3, -0.25) is 4.79 Å². The zero-order chi connectivity index (χ0) is 23.8. The summed E-state index contributed by atoms with van der Waals surface area (Å²) in [6.07, 6.45) is 5.82. The van der Waals surface area contributed by atoms with Crippen molar-refractivity contribution in [1.29, 1.82) is 5.26 Å². The molecule has 0 aromatic heterocycles. The second-order valence-electron chi connectivity index (χ2n) is 8.19. The zero-order valence-corrected chi connectivity index (χ0v) is 20.4. The van der Waals surface area contributed by atoms with Gasteiger partial charge in [0, 0.05) is 11.1 Å². The number of nitrogens with zero attached hydrogens (tertiary/aromatic N) is 1. The number of nitriles is 1. The Morgan fingerprint density at radius 3 is 2.58 bits per heavy atom. The van der Waals surface area contributed by atoms with Gasteiger partial charge >= 0.3 is 0 Å². The molecule has 1 fully saturated rings. The summed E-state index contributed by atoms with van der Waals surface area (Å²) >= 11 is 12.4. The highest BCUT2D eigenvalue weighted by Crippen LogP contribution is 2.38. The number of amides is 1. The third-order valence-electron chi connectivity index (χ3n) is 5.73. The third kappa shape index (κ3) is 6.90. The third-order valence-corrected chi connectivity index (χ3v) is 6.26. The normalized spacial score (nSPS) is 18.3. The predicted molar refractivity (Wildman–Crippen MR) is 132 cm³/mol. The molecule has 2 aromatic carbocycles. The van der Waals surface area contributed by atoms with Crippen LogP contribution in [0.1, 0.15) is 50.7 Å². The topological polar surface area (TPSA) is 71.3 Å². The minimum absolute atomic E-state index is 0.0288. The molecule has 174 valence electrons. The first-order valence-corrected chi connectivity index (χ1v) is 11.9. The van der Waals surface area contributed by atoms with Crippen LogP contribution in [0.3, 0.4) is 0 Å². The van der Waals surface area contributed by atoms with Crippen molar-refractivity contribution in [3.63, 3.8) is 0 Å². The fourth-order valence-corrected chi connectivity index (χ4v) is 4.30. The van der Waals surface area contributed by atoms with E-state index in [2.05, 4.69) is 12.2 Å². The number of benzene rings is 2. The molecule has 1 aliphatic rings. The van der Waals surface area contributed by atoms with Gasteiger partial charge in [0.05, 0.1) is 11.6 Å². The fourth-order valence-electron chi connectivity index (χ4n) is 3.90. The van der Waals surface area contributed by atoms with Crippen LogP contribution in [0, 0.1) is 17.2 Å². The van der Waals surface area contributed by atoms with Crippen LogP contribution in [0.25, 0.3) is 6.08 Å². The lowest BCUT2D eigenvalue weighted by atomic mass is 9.86. The van der Waals surface area contributed by atoms with Crippen molar-refractivity contribution in [1.82, 2.24) is 5.32 Å². The quantitative estimate of drug-likeness (QED) is 0.338. The molecule has 1 saturated carbocycles. The van der Waals surface area contributed by atoms with Gasteiger partial charge < -0.3 is 14.8 Å². The van der Waals surface area contributed by atoms with E-state index in [0.717, 1.165) is 24.8 Å². The average molecular weight is 487 g/mol. The first-order valence-electron chi connectivity index (χ1n) is 11.2. The smallest absolute Gasteiger partial charge is 0.262 e. The van der Waals surface area contributed by atoms with Crippen LogP contribution in [0.2, 0.25) is 10.0 Å². The van der Waals surface area contributed by atoms with Crippen LogP contribution in [0.4, 0.5) is 0 Å². The zero-order valence-electron chi connectivity index (χ0n) is 18.9. The van der Waals surface area contributed by atoms with E-state index in [0.29, 0.717) is 39.6 Å². The molecule has 0 bridgehead atoms. The molecule has 0 spiro atoms. The molecule has 0 saturated heterocycles. The largest absolute Gasteiger partial charge is 0.490 e. The summed E-state index contributed by atoms with van der Waals surface area (Å²) in [6.45, 7) is 4.69. The van der Waals surface area contributed by atoms with Gasteiger partial charge in [-0.05, 0) is 67.2 Å².